The number of pyridine rings is 1. The van der Waals surface area contributed by atoms with E-state index in [4.69, 9.17) is 11.6 Å². The summed E-state index contributed by atoms with van der Waals surface area (Å²) in [6.07, 6.45) is 3.45. The van der Waals surface area contributed by atoms with Crippen LogP contribution < -0.4 is 5.69 Å². The third-order valence-corrected chi connectivity index (χ3v) is 5.32. The van der Waals surface area contributed by atoms with Crippen molar-refractivity contribution in [2.75, 3.05) is 0 Å². The van der Waals surface area contributed by atoms with Crippen LogP contribution in [0.25, 0.3) is 22.5 Å². The summed E-state index contributed by atoms with van der Waals surface area (Å²) in [4.78, 5) is 17.1. The number of H-pyrrole nitrogens is 1. The van der Waals surface area contributed by atoms with Gasteiger partial charge in [0.1, 0.15) is 5.15 Å². The summed E-state index contributed by atoms with van der Waals surface area (Å²) in [5, 5.41) is 14.6. The zero-order valence-corrected chi connectivity index (χ0v) is 16.9. The average Bonchev–Trinajstić information content (AvgIpc) is 3.35. The van der Waals surface area contributed by atoms with Crippen molar-refractivity contribution in [3.05, 3.63) is 69.6 Å². The summed E-state index contributed by atoms with van der Waals surface area (Å²) in [6.45, 7) is 2.44. The Balaban J connectivity index is 1.66. The lowest BCUT2D eigenvalue weighted by Gasteiger charge is -2.09. The molecule has 0 aliphatic rings. The Morgan fingerprint density at radius 2 is 1.93 bits per heavy atom. The summed E-state index contributed by atoms with van der Waals surface area (Å²) < 4.78 is 3.17. The maximum atomic E-state index is 12.5. The summed E-state index contributed by atoms with van der Waals surface area (Å²) in [6, 6.07) is 11.8. The standard InChI is InChI=1S/C20H20ClN7O/c1-3-6-17-18(21)27(2)20(29)28(17)12-14-10-9-13(11-22-14)15-7-4-5-8-16(15)19-23-25-26-24-19/h4-5,7-11H,3,6,12H2,1-2H3,(H,23,24,25,26). The first kappa shape index (κ1) is 19.1. The quantitative estimate of drug-likeness (QED) is 0.528. The van der Waals surface area contributed by atoms with Crippen molar-refractivity contribution in [3.8, 4) is 22.5 Å². The topological polar surface area (TPSA) is 94.3 Å². The van der Waals surface area contributed by atoms with E-state index in [2.05, 4.69) is 32.5 Å². The number of hydrogen-bond acceptors (Lipinski definition) is 5. The zero-order chi connectivity index (χ0) is 20.4. The summed E-state index contributed by atoms with van der Waals surface area (Å²) >= 11 is 6.34. The van der Waals surface area contributed by atoms with Gasteiger partial charge in [0.15, 0.2) is 5.82 Å². The Morgan fingerprint density at radius 1 is 1.14 bits per heavy atom. The summed E-state index contributed by atoms with van der Waals surface area (Å²) in [5.74, 6) is 0.597. The molecule has 0 saturated carbocycles. The average molecular weight is 410 g/mol. The van der Waals surface area contributed by atoms with Gasteiger partial charge in [-0.25, -0.2) is 9.89 Å². The smallest absolute Gasteiger partial charge is 0.289 e. The lowest BCUT2D eigenvalue weighted by Crippen LogP contribution is -2.24. The second-order valence-corrected chi connectivity index (χ2v) is 7.11. The third-order valence-electron chi connectivity index (χ3n) is 4.85. The summed E-state index contributed by atoms with van der Waals surface area (Å²) in [5.41, 5.74) is 4.30. The van der Waals surface area contributed by atoms with Gasteiger partial charge >= 0.3 is 5.69 Å². The van der Waals surface area contributed by atoms with Gasteiger partial charge in [-0.1, -0.05) is 55.3 Å². The van der Waals surface area contributed by atoms with Crippen molar-refractivity contribution in [1.29, 1.82) is 0 Å². The first-order valence-electron chi connectivity index (χ1n) is 9.32. The van der Waals surface area contributed by atoms with Crippen molar-refractivity contribution >= 4 is 11.6 Å². The highest BCUT2D eigenvalue weighted by Crippen LogP contribution is 2.29. The van der Waals surface area contributed by atoms with E-state index in [-0.39, 0.29) is 5.69 Å². The van der Waals surface area contributed by atoms with Crippen molar-refractivity contribution in [3.63, 3.8) is 0 Å². The molecule has 148 valence electrons. The molecule has 8 nitrogen and oxygen atoms in total. The number of nitrogens with one attached hydrogen (secondary N) is 1. The normalized spacial score (nSPS) is 11.1. The molecule has 0 atom stereocenters. The minimum absolute atomic E-state index is 0.132. The third kappa shape index (κ3) is 3.58. The fourth-order valence-electron chi connectivity index (χ4n) is 3.38. The van der Waals surface area contributed by atoms with Crippen molar-refractivity contribution in [2.45, 2.75) is 26.3 Å². The van der Waals surface area contributed by atoms with E-state index in [0.717, 1.165) is 40.9 Å². The maximum absolute atomic E-state index is 12.5. The number of tetrazole rings is 1. The minimum atomic E-state index is -0.132. The fourth-order valence-corrected chi connectivity index (χ4v) is 3.65. The van der Waals surface area contributed by atoms with Crippen molar-refractivity contribution in [2.24, 2.45) is 7.05 Å². The Morgan fingerprint density at radius 3 is 2.59 bits per heavy atom. The molecule has 0 unspecified atom stereocenters. The highest BCUT2D eigenvalue weighted by atomic mass is 35.5. The molecular formula is C20H20ClN7O. The predicted molar refractivity (Wildman–Crippen MR) is 111 cm³/mol. The first-order chi connectivity index (χ1) is 14.1. The van der Waals surface area contributed by atoms with Crippen LogP contribution in [0.1, 0.15) is 24.7 Å². The Labute approximate surface area is 172 Å². The summed E-state index contributed by atoms with van der Waals surface area (Å²) in [7, 11) is 1.69. The first-order valence-corrected chi connectivity index (χ1v) is 9.70. The van der Waals surface area contributed by atoms with Crippen molar-refractivity contribution in [1.82, 2.24) is 34.7 Å². The van der Waals surface area contributed by atoms with E-state index in [1.807, 2.05) is 36.4 Å². The number of nitrogens with zero attached hydrogens (tertiary/aromatic N) is 6. The monoisotopic (exact) mass is 409 g/mol. The second-order valence-electron chi connectivity index (χ2n) is 6.75. The van der Waals surface area contributed by atoms with E-state index in [0.29, 0.717) is 17.5 Å². The Kier molecular flexibility index (Phi) is 5.26. The SMILES string of the molecule is CCCc1c(Cl)n(C)c(=O)n1Cc1ccc(-c2ccccc2-c2nnn[nH]2)cn1. The lowest BCUT2D eigenvalue weighted by atomic mass is 10.0. The highest BCUT2D eigenvalue weighted by Gasteiger charge is 2.16. The molecule has 0 saturated heterocycles. The predicted octanol–water partition coefficient (Wildman–Crippen LogP) is 3.08. The molecule has 4 rings (SSSR count). The molecule has 3 aromatic heterocycles. The van der Waals surface area contributed by atoms with Crippen LogP contribution in [-0.2, 0) is 20.0 Å². The van der Waals surface area contributed by atoms with Gasteiger partial charge in [0.2, 0.25) is 0 Å². The zero-order valence-electron chi connectivity index (χ0n) is 16.1. The van der Waals surface area contributed by atoms with Crippen LogP contribution in [0.3, 0.4) is 0 Å². The molecule has 0 amide bonds. The number of hydrogen-bond donors (Lipinski definition) is 1. The van der Waals surface area contributed by atoms with Crippen LogP contribution in [0, 0.1) is 0 Å². The van der Waals surface area contributed by atoms with E-state index >= 15 is 0 Å². The number of aromatic nitrogens is 7. The fraction of sp³-hybridized carbons (Fsp3) is 0.250. The molecule has 29 heavy (non-hydrogen) atoms. The molecule has 9 heteroatoms. The van der Waals surface area contributed by atoms with Gasteiger partial charge < -0.3 is 0 Å². The van der Waals surface area contributed by atoms with E-state index in [1.165, 1.54) is 4.57 Å². The van der Waals surface area contributed by atoms with Gasteiger partial charge in [-0.3, -0.25) is 14.1 Å². The Bertz CT molecular complexity index is 1180. The van der Waals surface area contributed by atoms with Crippen LogP contribution >= 0.6 is 11.6 Å². The maximum Gasteiger partial charge on any atom is 0.329 e. The van der Waals surface area contributed by atoms with E-state index < -0.39 is 0 Å². The minimum Gasteiger partial charge on any atom is -0.289 e. The molecule has 0 spiro atoms. The molecule has 0 fully saturated rings. The van der Waals surface area contributed by atoms with Crippen LogP contribution in [-0.4, -0.2) is 34.7 Å². The molecule has 0 bridgehead atoms. The van der Waals surface area contributed by atoms with Crippen LogP contribution in [0.5, 0.6) is 0 Å². The van der Waals surface area contributed by atoms with Gasteiger partial charge in [0.05, 0.1) is 17.9 Å². The molecule has 1 aromatic carbocycles. The van der Waals surface area contributed by atoms with Gasteiger partial charge in [-0.15, -0.1) is 5.10 Å². The number of halogens is 1. The lowest BCUT2D eigenvalue weighted by molar-refractivity contribution is 0.670. The molecule has 1 N–H and O–H groups in total. The van der Waals surface area contributed by atoms with Crippen LogP contribution in [0.2, 0.25) is 5.15 Å². The van der Waals surface area contributed by atoms with Crippen LogP contribution in [0.4, 0.5) is 0 Å². The van der Waals surface area contributed by atoms with Gasteiger partial charge in [0.25, 0.3) is 0 Å². The van der Waals surface area contributed by atoms with Gasteiger partial charge in [0, 0.05) is 24.4 Å². The number of rotatable bonds is 6. The number of imidazole rings is 1. The Hall–Kier alpha value is -3.26. The largest absolute Gasteiger partial charge is 0.329 e. The molecule has 0 radical (unpaired) electrons. The molecule has 0 aliphatic heterocycles. The van der Waals surface area contributed by atoms with E-state index in [1.54, 1.807) is 17.8 Å². The number of aromatic amines is 1. The van der Waals surface area contributed by atoms with E-state index in [9.17, 15) is 4.79 Å². The van der Waals surface area contributed by atoms with Crippen molar-refractivity contribution < 1.29 is 0 Å². The second kappa shape index (κ2) is 8.00. The molecular weight excluding hydrogens is 390 g/mol. The highest BCUT2D eigenvalue weighted by molar-refractivity contribution is 6.30. The van der Waals surface area contributed by atoms with Gasteiger partial charge in [-0.2, -0.15) is 0 Å². The van der Waals surface area contributed by atoms with Crippen LogP contribution in [0.15, 0.2) is 47.4 Å². The molecule has 3 heterocycles. The van der Waals surface area contributed by atoms with Gasteiger partial charge in [-0.05, 0) is 28.5 Å². The number of benzene rings is 1. The molecule has 4 aromatic rings. The molecule has 0 aliphatic carbocycles.